The van der Waals surface area contributed by atoms with Gasteiger partial charge in [0, 0.05) is 12.6 Å². The largest absolute Gasteiger partial charge is 0.508 e. The van der Waals surface area contributed by atoms with Gasteiger partial charge in [0.25, 0.3) is 5.91 Å². The Balaban J connectivity index is 2.39. The highest BCUT2D eigenvalue weighted by Crippen LogP contribution is 2.27. The van der Waals surface area contributed by atoms with Gasteiger partial charge in [0.05, 0.1) is 5.69 Å². The number of phenolic OH excluding ortho intramolecular Hbond substituents is 1. The van der Waals surface area contributed by atoms with Gasteiger partial charge in [-0.15, -0.1) is 10.2 Å². The fourth-order valence-corrected chi connectivity index (χ4v) is 2.50. The maximum absolute atomic E-state index is 12.3. The molecule has 2 aromatic rings. The molecule has 1 heterocycles. The summed E-state index contributed by atoms with van der Waals surface area (Å²) in [6.45, 7) is 4.18. The van der Waals surface area contributed by atoms with E-state index in [4.69, 9.17) is 11.6 Å². The maximum atomic E-state index is 12.3. The quantitative estimate of drug-likeness (QED) is 0.946. The minimum atomic E-state index is -0.277. The predicted octanol–water partition coefficient (Wildman–Crippen LogP) is 2.87. The van der Waals surface area contributed by atoms with Crippen LogP contribution in [-0.2, 0) is 0 Å². The first kappa shape index (κ1) is 13.8. The highest BCUT2D eigenvalue weighted by atomic mass is 35.5. The van der Waals surface area contributed by atoms with Crippen molar-refractivity contribution in [2.24, 2.45) is 0 Å². The number of amides is 1. The number of phenols is 1. The molecule has 0 aliphatic rings. The Morgan fingerprint density at radius 1 is 1.47 bits per heavy atom. The van der Waals surface area contributed by atoms with Crippen molar-refractivity contribution in [3.8, 4) is 5.75 Å². The normalized spacial score (nSPS) is 10.5. The molecule has 0 bridgehead atoms. The van der Waals surface area contributed by atoms with Crippen LogP contribution in [0.4, 0.5) is 5.69 Å². The van der Waals surface area contributed by atoms with E-state index in [2.05, 4.69) is 10.2 Å². The first-order valence-corrected chi connectivity index (χ1v) is 6.83. The van der Waals surface area contributed by atoms with Gasteiger partial charge >= 0.3 is 0 Å². The molecule has 7 heteroatoms. The second-order valence-electron chi connectivity index (χ2n) is 3.88. The summed E-state index contributed by atoms with van der Waals surface area (Å²) in [4.78, 5) is 13.9. The number of rotatable bonds is 3. The van der Waals surface area contributed by atoms with Crippen LogP contribution in [0, 0.1) is 6.92 Å². The molecule has 0 radical (unpaired) electrons. The number of benzene rings is 1. The standard InChI is InChI=1S/C12H12ClN3O2S/c1-3-16(9-6-8(17)5-4-7(9)2)11(18)10-14-15-12(13)19-10/h4-6,17H,3H2,1-2H3. The Morgan fingerprint density at radius 2 is 2.21 bits per heavy atom. The topological polar surface area (TPSA) is 66.3 Å². The van der Waals surface area contributed by atoms with Crippen LogP contribution in [0.2, 0.25) is 4.47 Å². The monoisotopic (exact) mass is 297 g/mol. The van der Waals surface area contributed by atoms with Crippen LogP contribution >= 0.6 is 22.9 Å². The van der Waals surface area contributed by atoms with Crippen molar-refractivity contribution in [2.45, 2.75) is 13.8 Å². The van der Waals surface area contributed by atoms with Crippen molar-refractivity contribution in [3.05, 3.63) is 33.2 Å². The maximum Gasteiger partial charge on any atom is 0.289 e. The molecular weight excluding hydrogens is 286 g/mol. The number of halogens is 1. The molecule has 0 atom stereocenters. The molecule has 0 saturated heterocycles. The van der Waals surface area contributed by atoms with E-state index in [9.17, 15) is 9.90 Å². The van der Waals surface area contributed by atoms with E-state index < -0.39 is 0 Å². The van der Waals surface area contributed by atoms with Gasteiger partial charge in [-0.1, -0.05) is 17.4 Å². The lowest BCUT2D eigenvalue weighted by Gasteiger charge is -2.21. The van der Waals surface area contributed by atoms with Crippen molar-refractivity contribution >= 4 is 34.5 Å². The SMILES string of the molecule is CCN(C(=O)c1nnc(Cl)s1)c1cc(O)ccc1C. The van der Waals surface area contributed by atoms with Crippen molar-refractivity contribution in [1.29, 1.82) is 0 Å². The molecule has 0 unspecified atom stereocenters. The second kappa shape index (κ2) is 5.54. The molecule has 1 aromatic heterocycles. The van der Waals surface area contributed by atoms with Crippen LogP contribution in [0.25, 0.3) is 0 Å². The van der Waals surface area contributed by atoms with Crippen LogP contribution in [0.1, 0.15) is 22.3 Å². The van der Waals surface area contributed by atoms with Gasteiger partial charge in [-0.25, -0.2) is 0 Å². The van der Waals surface area contributed by atoms with E-state index in [1.54, 1.807) is 18.2 Å². The van der Waals surface area contributed by atoms with E-state index in [0.29, 0.717) is 12.2 Å². The Labute approximate surface area is 119 Å². The van der Waals surface area contributed by atoms with Crippen molar-refractivity contribution in [1.82, 2.24) is 10.2 Å². The third-order valence-corrected chi connectivity index (χ3v) is 3.63. The molecule has 1 amide bonds. The van der Waals surface area contributed by atoms with E-state index in [0.717, 1.165) is 16.9 Å². The molecule has 0 spiro atoms. The summed E-state index contributed by atoms with van der Waals surface area (Å²) in [6.07, 6.45) is 0. The minimum Gasteiger partial charge on any atom is -0.508 e. The van der Waals surface area contributed by atoms with Gasteiger partial charge in [-0.2, -0.15) is 0 Å². The fourth-order valence-electron chi connectivity index (χ4n) is 1.72. The van der Waals surface area contributed by atoms with Crippen molar-refractivity contribution < 1.29 is 9.90 Å². The highest BCUT2D eigenvalue weighted by Gasteiger charge is 2.21. The van der Waals surface area contributed by atoms with Gasteiger partial charge in [0.2, 0.25) is 9.47 Å². The number of aromatic nitrogens is 2. The summed E-state index contributed by atoms with van der Waals surface area (Å²) in [5.74, 6) is -0.164. The molecule has 1 aromatic carbocycles. The number of hydrogen-bond acceptors (Lipinski definition) is 5. The summed E-state index contributed by atoms with van der Waals surface area (Å²) >= 11 is 6.72. The van der Waals surface area contributed by atoms with Gasteiger partial charge < -0.3 is 10.0 Å². The molecule has 5 nitrogen and oxygen atoms in total. The number of anilines is 1. The smallest absolute Gasteiger partial charge is 0.289 e. The Morgan fingerprint density at radius 3 is 2.79 bits per heavy atom. The minimum absolute atomic E-state index is 0.113. The van der Waals surface area contributed by atoms with E-state index in [-0.39, 0.29) is 21.1 Å². The number of carbonyl (C=O) groups is 1. The number of nitrogens with zero attached hydrogens (tertiary/aromatic N) is 3. The average Bonchev–Trinajstić information content (AvgIpc) is 2.81. The third-order valence-electron chi connectivity index (χ3n) is 2.63. The fraction of sp³-hybridized carbons (Fsp3) is 0.250. The lowest BCUT2D eigenvalue weighted by atomic mass is 10.1. The average molecular weight is 298 g/mol. The molecule has 1 N–H and O–H groups in total. The Kier molecular flexibility index (Phi) is 4.01. The van der Waals surface area contributed by atoms with Crippen LogP contribution in [0.5, 0.6) is 5.75 Å². The first-order valence-electron chi connectivity index (χ1n) is 5.63. The summed E-state index contributed by atoms with van der Waals surface area (Å²) in [6, 6.07) is 4.89. The Hall–Kier alpha value is -1.66. The predicted molar refractivity (Wildman–Crippen MR) is 75.1 cm³/mol. The molecule has 0 fully saturated rings. The molecule has 19 heavy (non-hydrogen) atoms. The van der Waals surface area contributed by atoms with Crippen molar-refractivity contribution in [2.75, 3.05) is 11.4 Å². The third kappa shape index (κ3) is 2.85. The van der Waals surface area contributed by atoms with Crippen LogP contribution < -0.4 is 4.90 Å². The zero-order valence-electron chi connectivity index (χ0n) is 10.4. The van der Waals surface area contributed by atoms with E-state index >= 15 is 0 Å². The zero-order chi connectivity index (χ0) is 14.0. The number of aryl methyl sites for hydroxylation is 1. The zero-order valence-corrected chi connectivity index (χ0v) is 12.0. The molecule has 0 saturated carbocycles. The number of aromatic hydroxyl groups is 1. The molecule has 0 aliphatic carbocycles. The molecule has 100 valence electrons. The summed E-state index contributed by atoms with van der Waals surface area (Å²) in [5, 5.41) is 17.2. The number of hydrogen-bond donors (Lipinski definition) is 1. The summed E-state index contributed by atoms with van der Waals surface area (Å²) < 4.78 is 0.229. The van der Waals surface area contributed by atoms with Crippen LogP contribution in [-0.4, -0.2) is 27.8 Å². The first-order chi connectivity index (χ1) is 9.02. The summed E-state index contributed by atoms with van der Waals surface area (Å²) in [5.41, 5.74) is 1.54. The lowest BCUT2D eigenvalue weighted by molar-refractivity contribution is 0.0987. The molecule has 2 rings (SSSR count). The van der Waals surface area contributed by atoms with Crippen LogP contribution in [0.15, 0.2) is 18.2 Å². The van der Waals surface area contributed by atoms with E-state index in [1.165, 1.54) is 4.90 Å². The van der Waals surface area contributed by atoms with Gasteiger partial charge in [0.15, 0.2) is 0 Å². The molecule has 0 aliphatic heterocycles. The summed E-state index contributed by atoms with van der Waals surface area (Å²) in [7, 11) is 0. The highest BCUT2D eigenvalue weighted by molar-refractivity contribution is 7.17. The lowest BCUT2D eigenvalue weighted by Crippen LogP contribution is -2.31. The van der Waals surface area contributed by atoms with Crippen LogP contribution in [0.3, 0.4) is 0 Å². The van der Waals surface area contributed by atoms with Crippen molar-refractivity contribution in [3.63, 3.8) is 0 Å². The molecular formula is C12H12ClN3O2S. The van der Waals surface area contributed by atoms with Gasteiger partial charge in [-0.05, 0) is 37.1 Å². The Bertz CT molecular complexity index is 615. The van der Waals surface area contributed by atoms with E-state index in [1.807, 2.05) is 13.8 Å². The van der Waals surface area contributed by atoms with Gasteiger partial charge in [0.1, 0.15) is 5.75 Å². The van der Waals surface area contributed by atoms with Gasteiger partial charge in [-0.3, -0.25) is 4.79 Å². The number of carbonyl (C=O) groups excluding carboxylic acids is 1. The second-order valence-corrected chi connectivity index (χ2v) is 5.44.